The van der Waals surface area contributed by atoms with Crippen molar-refractivity contribution >= 4 is 17.3 Å². The van der Waals surface area contributed by atoms with Crippen LogP contribution in [0.5, 0.6) is 0 Å². The van der Waals surface area contributed by atoms with Gasteiger partial charge in [-0.25, -0.2) is 0 Å². The van der Waals surface area contributed by atoms with Crippen molar-refractivity contribution in [3.8, 4) is 0 Å². The minimum Gasteiger partial charge on any atom is -0.399 e. The van der Waals surface area contributed by atoms with Crippen LogP contribution in [0.2, 0.25) is 0 Å². The Hall–Kier alpha value is -2.57. The third-order valence-electron chi connectivity index (χ3n) is 2.78. The molecule has 2 aromatic rings. The number of nitrogens with zero attached hydrogens (tertiary/aromatic N) is 3. The first-order chi connectivity index (χ1) is 9.08. The Balaban J connectivity index is 1.97. The average molecular weight is 261 g/mol. The van der Waals surface area contributed by atoms with Crippen molar-refractivity contribution in [2.75, 3.05) is 17.6 Å². The van der Waals surface area contributed by atoms with Crippen molar-refractivity contribution in [3.63, 3.8) is 0 Å². The molecular weight excluding hydrogens is 246 g/mol. The highest BCUT2D eigenvalue weighted by Crippen LogP contribution is 2.20. The Kier molecular flexibility index (Phi) is 3.65. The van der Waals surface area contributed by atoms with E-state index in [-0.39, 0.29) is 5.82 Å². The van der Waals surface area contributed by atoms with Gasteiger partial charge in [-0.3, -0.25) is 4.57 Å². The maximum absolute atomic E-state index is 10.8. The van der Waals surface area contributed by atoms with Crippen molar-refractivity contribution < 1.29 is 4.92 Å². The first kappa shape index (κ1) is 12.9. The Morgan fingerprint density at radius 2 is 2.11 bits per heavy atom. The van der Waals surface area contributed by atoms with Crippen LogP contribution in [0, 0.1) is 10.1 Å². The maximum Gasteiger partial charge on any atom is 0.406 e. The molecule has 1 aromatic carbocycles. The number of aromatic nitrogens is 2. The van der Waals surface area contributed by atoms with E-state index < -0.39 is 4.92 Å². The lowest BCUT2D eigenvalue weighted by Gasteiger charge is -2.06. The van der Waals surface area contributed by atoms with Crippen LogP contribution in [-0.4, -0.2) is 21.0 Å². The van der Waals surface area contributed by atoms with Crippen LogP contribution >= 0.6 is 0 Å². The number of rotatable bonds is 5. The van der Waals surface area contributed by atoms with Crippen molar-refractivity contribution in [2.24, 2.45) is 7.05 Å². The summed E-state index contributed by atoms with van der Waals surface area (Å²) in [4.78, 5) is 14.0. The third kappa shape index (κ3) is 3.01. The molecule has 1 aromatic heterocycles. The van der Waals surface area contributed by atoms with Crippen molar-refractivity contribution in [1.29, 1.82) is 0 Å². The summed E-state index contributed by atoms with van der Waals surface area (Å²) in [6.07, 6.45) is 2.17. The molecule has 0 saturated carbocycles. The van der Waals surface area contributed by atoms with E-state index in [4.69, 9.17) is 5.73 Å². The molecule has 100 valence electrons. The van der Waals surface area contributed by atoms with E-state index in [0.29, 0.717) is 12.4 Å². The summed E-state index contributed by atoms with van der Waals surface area (Å²) in [5.41, 5.74) is 7.44. The number of nitrogens with one attached hydrogen (secondary N) is 1. The number of hydrogen-bond donors (Lipinski definition) is 2. The van der Waals surface area contributed by atoms with E-state index in [9.17, 15) is 10.1 Å². The zero-order chi connectivity index (χ0) is 13.8. The number of nitrogen functional groups attached to an aromatic ring is 1. The monoisotopic (exact) mass is 261 g/mol. The van der Waals surface area contributed by atoms with Crippen LogP contribution in [-0.2, 0) is 13.5 Å². The molecule has 0 radical (unpaired) electrons. The Morgan fingerprint density at radius 1 is 1.42 bits per heavy atom. The second kappa shape index (κ2) is 5.38. The van der Waals surface area contributed by atoms with Crippen molar-refractivity contribution in [2.45, 2.75) is 6.42 Å². The van der Waals surface area contributed by atoms with Crippen LogP contribution in [0.1, 0.15) is 5.56 Å². The highest BCUT2D eigenvalue weighted by molar-refractivity contribution is 5.52. The van der Waals surface area contributed by atoms with Crippen LogP contribution in [0.25, 0.3) is 0 Å². The fraction of sp³-hybridized carbons (Fsp3) is 0.250. The zero-order valence-corrected chi connectivity index (χ0v) is 10.5. The van der Waals surface area contributed by atoms with Crippen molar-refractivity contribution in [3.05, 3.63) is 46.3 Å². The summed E-state index contributed by atoms with van der Waals surface area (Å²) in [5, 5.41) is 13.8. The fourth-order valence-corrected chi connectivity index (χ4v) is 1.76. The number of hydrogen-bond acceptors (Lipinski definition) is 5. The topological polar surface area (TPSA) is 99.0 Å². The number of nitrogens with two attached hydrogens (primary N) is 1. The number of nitro groups is 1. The van der Waals surface area contributed by atoms with Gasteiger partial charge in [-0.15, -0.1) is 0 Å². The van der Waals surface area contributed by atoms with Gasteiger partial charge in [-0.2, -0.15) is 0 Å². The third-order valence-corrected chi connectivity index (χ3v) is 2.78. The van der Waals surface area contributed by atoms with Crippen LogP contribution in [0.4, 0.5) is 17.3 Å². The van der Waals surface area contributed by atoms with Gasteiger partial charge in [0.1, 0.15) is 0 Å². The molecule has 0 unspecified atom stereocenters. The van der Waals surface area contributed by atoms with E-state index in [2.05, 4.69) is 10.3 Å². The number of aryl methyl sites for hydroxylation is 1. The molecule has 0 saturated heterocycles. The molecular formula is C12H15N5O2. The molecule has 0 spiro atoms. The Labute approximate surface area is 110 Å². The van der Waals surface area contributed by atoms with Gasteiger partial charge in [0.15, 0.2) is 0 Å². The first-order valence-corrected chi connectivity index (χ1v) is 5.82. The van der Waals surface area contributed by atoms with Gasteiger partial charge in [-0.1, -0.05) is 12.1 Å². The molecule has 7 heteroatoms. The largest absolute Gasteiger partial charge is 0.406 e. The molecule has 0 bridgehead atoms. The van der Waals surface area contributed by atoms with Crippen LogP contribution in [0.3, 0.4) is 0 Å². The van der Waals surface area contributed by atoms with E-state index >= 15 is 0 Å². The fourth-order valence-electron chi connectivity index (χ4n) is 1.76. The van der Waals surface area contributed by atoms with Crippen molar-refractivity contribution in [1.82, 2.24) is 9.55 Å². The predicted molar refractivity (Wildman–Crippen MR) is 72.9 cm³/mol. The molecule has 0 amide bonds. The van der Waals surface area contributed by atoms with Crippen LogP contribution in [0.15, 0.2) is 30.6 Å². The zero-order valence-electron chi connectivity index (χ0n) is 10.5. The standard InChI is InChI=1S/C12H15N5O2/c1-16-8-15-12(17(18)19)11(16)14-7-6-9-2-4-10(13)5-3-9/h2-5,8,14H,6-7,13H2,1H3. The average Bonchev–Trinajstić information content (AvgIpc) is 2.74. The maximum atomic E-state index is 10.8. The second-order valence-electron chi connectivity index (χ2n) is 4.20. The lowest BCUT2D eigenvalue weighted by molar-refractivity contribution is -0.388. The van der Waals surface area contributed by atoms with E-state index in [1.807, 2.05) is 24.3 Å². The van der Waals surface area contributed by atoms with Gasteiger partial charge < -0.3 is 21.2 Å². The second-order valence-corrected chi connectivity index (χ2v) is 4.20. The molecule has 7 nitrogen and oxygen atoms in total. The lowest BCUT2D eigenvalue weighted by atomic mass is 10.1. The smallest absolute Gasteiger partial charge is 0.399 e. The Bertz CT molecular complexity index is 576. The highest BCUT2D eigenvalue weighted by atomic mass is 16.6. The number of imidazole rings is 1. The molecule has 2 rings (SSSR count). The molecule has 1 heterocycles. The summed E-state index contributed by atoms with van der Waals surface area (Å²) in [7, 11) is 1.71. The van der Waals surface area contributed by atoms with Crippen LogP contribution < -0.4 is 11.1 Å². The summed E-state index contributed by atoms with van der Waals surface area (Å²) < 4.78 is 1.60. The van der Waals surface area contributed by atoms with Gasteiger partial charge in [-0.05, 0) is 34.0 Å². The highest BCUT2D eigenvalue weighted by Gasteiger charge is 2.19. The SMILES string of the molecule is Cn1cnc([N+](=O)[O-])c1NCCc1ccc(N)cc1. The van der Waals surface area contributed by atoms with E-state index in [0.717, 1.165) is 17.7 Å². The summed E-state index contributed by atoms with van der Waals surface area (Å²) in [6, 6.07) is 7.55. The van der Waals surface area contributed by atoms with Gasteiger partial charge in [0.2, 0.25) is 12.1 Å². The minimum absolute atomic E-state index is 0.153. The molecule has 0 aliphatic rings. The number of benzene rings is 1. The summed E-state index contributed by atoms with van der Waals surface area (Å²) in [5.74, 6) is 0.264. The van der Waals surface area contributed by atoms with Gasteiger partial charge in [0.05, 0.1) is 0 Å². The molecule has 0 aliphatic carbocycles. The first-order valence-electron chi connectivity index (χ1n) is 5.82. The number of anilines is 2. The van der Waals surface area contributed by atoms with Gasteiger partial charge in [0, 0.05) is 19.3 Å². The van der Waals surface area contributed by atoms with E-state index in [1.54, 1.807) is 11.6 Å². The van der Waals surface area contributed by atoms with Gasteiger partial charge >= 0.3 is 5.82 Å². The summed E-state index contributed by atoms with van der Waals surface area (Å²) >= 11 is 0. The minimum atomic E-state index is -0.494. The molecule has 0 fully saturated rings. The molecule has 0 atom stereocenters. The van der Waals surface area contributed by atoms with Gasteiger partial charge in [0.25, 0.3) is 0 Å². The molecule has 3 N–H and O–H groups in total. The normalized spacial score (nSPS) is 10.4. The quantitative estimate of drug-likeness (QED) is 0.483. The van der Waals surface area contributed by atoms with E-state index in [1.165, 1.54) is 6.33 Å². The Morgan fingerprint density at radius 3 is 2.74 bits per heavy atom. The summed E-state index contributed by atoms with van der Waals surface area (Å²) in [6.45, 7) is 0.588. The molecule has 19 heavy (non-hydrogen) atoms. The lowest BCUT2D eigenvalue weighted by Crippen LogP contribution is -2.09. The molecule has 0 aliphatic heterocycles. The predicted octanol–water partition coefficient (Wildman–Crippen LogP) is 1.57.